The van der Waals surface area contributed by atoms with Crippen molar-refractivity contribution >= 4 is 29.7 Å². The van der Waals surface area contributed by atoms with Gasteiger partial charge in [0.05, 0.1) is 18.6 Å². The zero-order valence-corrected chi connectivity index (χ0v) is 28.0. The molecule has 0 radical (unpaired) electrons. The lowest BCUT2D eigenvalue weighted by atomic mass is 9.36. The molecule has 1 heterocycles. The highest BCUT2D eigenvalue weighted by atomic mass is 16.6. The first-order valence-electron chi connectivity index (χ1n) is 16.1. The second kappa shape index (κ2) is 12.3. The van der Waals surface area contributed by atoms with Gasteiger partial charge in [-0.25, -0.2) is 14.4 Å². The maximum absolute atomic E-state index is 13.9. The molecular weight excluding hydrogens is 606 g/mol. The number of benzene rings is 1. The van der Waals surface area contributed by atoms with Crippen LogP contribution in [0.15, 0.2) is 53.3 Å². The molecule has 0 spiro atoms. The molecule has 1 saturated heterocycles. The molecule has 1 aliphatic heterocycles. The summed E-state index contributed by atoms with van der Waals surface area (Å²) in [5, 5.41) is 12.0. The van der Waals surface area contributed by atoms with Crippen LogP contribution in [0.5, 0.6) is 0 Å². The summed E-state index contributed by atoms with van der Waals surface area (Å²) in [6.07, 6.45) is -1.88. The summed E-state index contributed by atoms with van der Waals surface area (Å²) in [6.45, 7) is 10.5. The molecule has 5 rings (SSSR count). The van der Waals surface area contributed by atoms with Crippen molar-refractivity contribution in [1.82, 2.24) is 0 Å². The highest BCUT2D eigenvalue weighted by Crippen LogP contribution is 2.71. The Morgan fingerprint density at radius 2 is 1.77 bits per heavy atom. The fourth-order valence-electron chi connectivity index (χ4n) is 9.59. The van der Waals surface area contributed by atoms with Crippen molar-refractivity contribution in [3.05, 3.63) is 58.9 Å². The molecule has 47 heavy (non-hydrogen) atoms. The topological polar surface area (TPSA) is 169 Å². The van der Waals surface area contributed by atoms with Crippen LogP contribution >= 0.6 is 0 Å². The van der Waals surface area contributed by atoms with E-state index >= 15 is 0 Å². The molecule has 3 fully saturated rings. The summed E-state index contributed by atoms with van der Waals surface area (Å²) in [6, 6.07) is 8.23. The summed E-state index contributed by atoms with van der Waals surface area (Å²) >= 11 is 0. The molecule has 9 unspecified atom stereocenters. The lowest BCUT2D eigenvalue weighted by Gasteiger charge is -2.69. The van der Waals surface area contributed by atoms with Gasteiger partial charge in [0, 0.05) is 29.7 Å². The zero-order valence-electron chi connectivity index (χ0n) is 28.0. The van der Waals surface area contributed by atoms with Gasteiger partial charge in [-0.05, 0) is 69.4 Å². The lowest BCUT2D eigenvalue weighted by Crippen LogP contribution is -2.75. The zero-order chi connectivity index (χ0) is 34.6. The van der Waals surface area contributed by atoms with E-state index in [1.165, 1.54) is 13.2 Å². The number of aliphatic hydroxyl groups excluding tert-OH is 1. The van der Waals surface area contributed by atoms with Crippen LogP contribution in [0.3, 0.4) is 0 Å². The van der Waals surface area contributed by atoms with Gasteiger partial charge in [-0.3, -0.25) is 9.59 Å². The van der Waals surface area contributed by atoms with Crippen molar-refractivity contribution in [2.75, 3.05) is 7.11 Å². The molecule has 3 aliphatic carbocycles. The number of fused-ring (bicyclic) bond motifs is 2. The number of allylic oxidation sites excluding steroid dienone is 3. The van der Waals surface area contributed by atoms with Crippen LogP contribution in [0.4, 0.5) is 0 Å². The van der Waals surface area contributed by atoms with Crippen molar-refractivity contribution < 1.29 is 48.0 Å². The number of nitrogens with two attached hydrogens (primary N) is 1. The van der Waals surface area contributed by atoms with Gasteiger partial charge in [-0.2, -0.15) is 0 Å². The Morgan fingerprint density at radius 3 is 2.38 bits per heavy atom. The first-order valence-corrected chi connectivity index (χ1v) is 16.1. The van der Waals surface area contributed by atoms with E-state index < -0.39 is 88.0 Å². The summed E-state index contributed by atoms with van der Waals surface area (Å²) in [5.41, 5.74) is 4.73. The molecule has 11 nitrogen and oxygen atoms in total. The average Bonchev–Trinajstić information content (AvgIpc) is 2.98. The van der Waals surface area contributed by atoms with Gasteiger partial charge in [0.15, 0.2) is 11.5 Å². The number of hydrogen-bond donors (Lipinski definition) is 2. The number of methoxy groups -OCH3 is 1. The standard InChI is InChI=1S/C36H45NO10/c1-18(2)13-26(40)46-28-30-35(5,33(43)44-7)17-24(39)29-34(4)16-23(38)27(47-31(41)22(37)14-20-11-9-8-10-12-20)19(3)21(34)15-25(36(29,30)6)45-32(28)42/h8-13,21-22,24-25,28-30,39H,14-17,37H2,1-7H3/t21?,22?,24?,25?,28?,29?,30?,34?,35?,36-/m1/s1. The van der Waals surface area contributed by atoms with Gasteiger partial charge >= 0.3 is 23.9 Å². The molecular formula is C36H45NO10. The Hall–Kier alpha value is -3.83. The predicted octanol–water partition coefficient (Wildman–Crippen LogP) is 3.36. The highest BCUT2D eigenvalue weighted by Gasteiger charge is 2.76. The highest BCUT2D eigenvalue weighted by molar-refractivity contribution is 5.98. The van der Waals surface area contributed by atoms with Crippen molar-refractivity contribution in [2.45, 2.75) is 91.6 Å². The second-order valence-corrected chi connectivity index (χ2v) is 14.6. The van der Waals surface area contributed by atoms with Gasteiger partial charge in [-0.1, -0.05) is 49.8 Å². The number of carbonyl (C=O) groups excluding carboxylic acids is 5. The first kappa shape index (κ1) is 34.5. The molecule has 254 valence electrons. The third-order valence-electron chi connectivity index (χ3n) is 11.3. The first-order chi connectivity index (χ1) is 22.0. The second-order valence-electron chi connectivity index (χ2n) is 14.6. The van der Waals surface area contributed by atoms with Crippen LogP contribution in [0.25, 0.3) is 0 Å². The Bertz CT molecular complexity index is 1550. The number of aliphatic hydroxyl groups is 1. The van der Waals surface area contributed by atoms with E-state index in [1.54, 1.807) is 27.7 Å². The van der Waals surface area contributed by atoms with Crippen LogP contribution in [0, 0.1) is 34.0 Å². The van der Waals surface area contributed by atoms with Crippen LogP contribution in [0.1, 0.15) is 66.4 Å². The van der Waals surface area contributed by atoms with Gasteiger partial charge in [0.1, 0.15) is 12.1 Å². The number of carbonyl (C=O) groups is 5. The minimum atomic E-state index is -1.46. The van der Waals surface area contributed by atoms with E-state index in [0.717, 1.165) is 5.56 Å². The number of hydrogen-bond acceptors (Lipinski definition) is 11. The van der Waals surface area contributed by atoms with Gasteiger partial charge in [0.25, 0.3) is 0 Å². The van der Waals surface area contributed by atoms with Gasteiger partial charge in [0.2, 0.25) is 6.10 Å². The summed E-state index contributed by atoms with van der Waals surface area (Å²) < 4.78 is 22.7. The van der Waals surface area contributed by atoms with E-state index in [0.29, 0.717) is 11.1 Å². The fourth-order valence-corrected chi connectivity index (χ4v) is 9.59. The predicted molar refractivity (Wildman–Crippen MR) is 168 cm³/mol. The Kier molecular flexibility index (Phi) is 9.04. The number of Topliss-reactive ketones (excluding diaryl/α,β-unsaturated/α-hetero) is 1. The van der Waals surface area contributed by atoms with Crippen LogP contribution in [-0.2, 0) is 49.3 Å². The third kappa shape index (κ3) is 5.61. The van der Waals surface area contributed by atoms with E-state index in [2.05, 4.69) is 0 Å². The van der Waals surface area contributed by atoms with Gasteiger partial charge < -0.3 is 29.8 Å². The molecule has 11 heteroatoms. The smallest absolute Gasteiger partial charge is 0.348 e. The van der Waals surface area contributed by atoms with Crippen LogP contribution in [0.2, 0.25) is 0 Å². The SMILES string of the molecule is COC(=O)C1(C)CC(O)C2C3(C)CC(=O)C(OC(=O)C(N)Cc4ccccc4)=C(C)C3CC3OC(=O)C(OC(=O)C=C(C)C)C1[C@]32C. The summed E-state index contributed by atoms with van der Waals surface area (Å²) in [4.78, 5) is 67.1. The van der Waals surface area contributed by atoms with E-state index in [-0.39, 0.29) is 31.4 Å². The Balaban J connectivity index is 1.55. The Labute approximate surface area is 274 Å². The molecule has 0 bridgehead atoms. The molecule has 0 aromatic heterocycles. The molecule has 4 aliphatic rings. The van der Waals surface area contributed by atoms with Crippen molar-refractivity contribution in [3.8, 4) is 0 Å². The largest absolute Gasteiger partial charge is 0.469 e. The lowest BCUT2D eigenvalue weighted by molar-refractivity contribution is -0.291. The monoisotopic (exact) mass is 651 g/mol. The maximum atomic E-state index is 13.9. The van der Waals surface area contributed by atoms with E-state index in [1.807, 2.05) is 44.2 Å². The van der Waals surface area contributed by atoms with Crippen LogP contribution < -0.4 is 5.73 Å². The number of esters is 4. The average molecular weight is 652 g/mol. The molecule has 0 amide bonds. The number of rotatable bonds is 7. The normalized spacial score (nSPS) is 36.6. The fraction of sp³-hybridized carbons (Fsp3) is 0.583. The molecule has 3 N–H and O–H groups in total. The molecule has 1 aromatic rings. The number of ketones is 1. The van der Waals surface area contributed by atoms with Crippen molar-refractivity contribution in [2.24, 2.45) is 39.7 Å². The van der Waals surface area contributed by atoms with Crippen molar-refractivity contribution in [3.63, 3.8) is 0 Å². The number of ether oxygens (including phenoxy) is 4. The van der Waals surface area contributed by atoms with Gasteiger partial charge in [-0.15, -0.1) is 0 Å². The molecule has 10 atom stereocenters. The third-order valence-corrected chi connectivity index (χ3v) is 11.3. The molecule has 1 aromatic carbocycles. The van der Waals surface area contributed by atoms with E-state index in [4.69, 9.17) is 24.7 Å². The minimum absolute atomic E-state index is 0.0760. The minimum Gasteiger partial charge on any atom is -0.469 e. The molecule has 2 saturated carbocycles. The summed E-state index contributed by atoms with van der Waals surface area (Å²) in [7, 11) is 1.23. The summed E-state index contributed by atoms with van der Waals surface area (Å²) in [5.74, 6) is -5.50. The van der Waals surface area contributed by atoms with Crippen molar-refractivity contribution in [1.29, 1.82) is 0 Å². The Morgan fingerprint density at radius 1 is 1.11 bits per heavy atom. The quantitative estimate of drug-likeness (QED) is 0.252. The van der Waals surface area contributed by atoms with Crippen LogP contribution in [-0.4, -0.2) is 66.2 Å². The van der Waals surface area contributed by atoms with E-state index in [9.17, 15) is 29.1 Å². The maximum Gasteiger partial charge on any atom is 0.348 e.